The normalized spacial score (nSPS) is 11.5. The molecule has 0 aromatic heterocycles. The van der Waals surface area contributed by atoms with Gasteiger partial charge in [-0.3, -0.25) is 0 Å². The second-order valence-electron chi connectivity index (χ2n) is 7.34. The molecule has 4 aromatic rings. The first-order valence-electron chi connectivity index (χ1n) is 10.4. The standard InChI is InChI=1S/C18H15P.C8H8.2CO.Cr/c1-4-10-16(11-5-1)19(17-12-6-2-7-13-17)18-14-8-3-9-15-18;1-2-4-8-6-5-7(8)3-1;2*1-2;/h1-15H;1-4H,5-6H2;;;. The predicted molar refractivity (Wildman–Crippen MR) is 130 cm³/mol. The molecule has 1 aliphatic rings. The van der Waals surface area contributed by atoms with Crippen molar-refractivity contribution in [2.75, 3.05) is 0 Å². The van der Waals surface area contributed by atoms with Crippen LogP contribution < -0.4 is 15.9 Å². The van der Waals surface area contributed by atoms with Gasteiger partial charge in [0.05, 0.1) is 0 Å². The minimum Gasteiger partial charge on any atom is -0.0620 e. The Labute approximate surface area is 191 Å². The van der Waals surface area contributed by atoms with E-state index in [0.29, 0.717) is 0 Å². The van der Waals surface area contributed by atoms with E-state index >= 15 is 0 Å². The van der Waals surface area contributed by atoms with Crippen molar-refractivity contribution in [3.05, 3.63) is 126 Å². The fraction of sp³-hybridized carbons (Fsp3) is 0.0714. The van der Waals surface area contributed by atoms with Crippen LogP contribution in [0.15, 0.2) is 115 Å². The van der Waals surface area contributed by atoms with Crippen LogP contribution in [0, 0.1) is 0 Å². The molecule has 4 aromatic carbocycles. The van der Waals surface area contributed by atoms with Gasteiger partial charge in [0.15, 0.2) is 0 Å². The Morgan fingerprint density at radius 2 is 0.812 bits per heavy atom. The van der Waals surface area contributed by atoms with E-state index in [1.807, 2.05) is 91.0 Å². The maximum absolute atomic E-state index is 11.8. The molecule has 0 amide bonds. The first kappa shape index (κ1) is 22.2. The zero-order valence-corrected chi connectivity index (χ0v) is 19.7. The van der Waals surface area contributed by atoms with Crippen LogP contribution >= 0.6 is 5.46 Å². The molecule has 158 valence electrons. The summed E-state index contributed by atoms with van der Waals surface area (Å²) in [6.45, 7) is 0. The molecule has 0 spiro atoms. The average molecular weight is 474 g/mol. The average Bonchev–Trinajstić information content (AvgIpc) is 2.85. The number of rotatable bonds is 3. The molecule has 0 unspecified atom stereocenters. The number of aryl methyl sites for hydroxylation is 2. The van der Waals surface area contributed by atoms with Crippen molar-refractivity contribution < 1.29 is 21.9 Å². The van der Waals surface area contributed by atoms with Gasteiger partial charge in [-0.2, -0.15) is 0 Å². The zero-order valence-electron chi connectivity index (χ0n) is 17.6. The van der Waals surface area contributed by atoms with Crippen LogP contribution in [0.1, 0.15) is 11.1 Å². The van der Waals surface area contributed by atoms with Gasteiger partial charge in [-0.15, -0.1) is 0 Å². The molecule has 5 rings (SSSR count). The van der Waals surface area contributed by atoms with Crippen LogP contribution in [0.25, 0.3) is 0 Å². The molecule has 32 heavy (non-hydrogen) atoms. The molecule has 0 heterocycles. The summed E-state index contributed by atoms with van der Waals surface area (Å²) in [5.41, 5.74) is 0.712. The summed E-state index contributed by atoms with van der Waals surface area (Å²) >= 11 is -2.46. The van der Waals surface area contributed by atoms with Gasteiger partial charge in [-0.25, -0.2) is 0 Å². The van der Waals surface area contributed by atoms with E-state index in [1.54, 1.807) is 11.1 Å². The summed E-state index contributed by atoms with van der Waals surface area (Å²) < 4.78 is 4.18. The molecule has 0 saturated heterocycles. The van der Waals surface area contributed by atoms with Gasteiger partial charge in [0.2, 0.25) is 0 Å². The van der Waals surface area contributed by atoms with Crippen molar-refractivity contribution >= 4 is 30.9 Å². The predicted octanol–water partition coefficient (Wildman–Crippen LogP) is 4.43. The number of benzene rings is 4. The summed E-state index contributed by atoms with van der Waals surface area (Å²) in [4.78, 5) is 23.6. The van der Waals surface area contributed by atoms with E-state index in [1.165, 1.54) is 12.8 Å². The van der Waals surface area contributed by atoms with Crippen LogP contribution in [-0.2, 0) is 34.8 Å². The molecule has 2 nitrogen and oxygen atoms in total. The van der Waals surface area contributed by atoms with Crippen molar-refractivity contribution in [2.45, 2.75) is 12.8 Å². The van der Waals surface area contributed by atoms with Crippen LogP contribution in [0.3, 0.4) is 0 Å². The second-order valence-corrected chi connectivity index (χ2v) is 15.6. The third-order valence-corrected chi connectivity index (χ3v) is 15.8. The molecule has 4 heteroatoms. The summed E-state index contributed by atoms with van der Waals surface area (Å²) in [7, 11) is 0. The molecule has 1 aliphatic carbocycles. The third-order valence-electron chi connectivity index (χ3n) is 5.57. The second kappa shape index (κ2) is 10.5. The fourth-order valence-electron chi connectivity index (χ4n) is 3.94. The van der Waals surface area contributed by atoms with E-state index in [9.17, 15) is 9.59 Å². The van der Waals surface area contributed by atoms with Gasteiger partial charge < -0.3 is 0 Å². The molecule has 0 saturated carbocycles. The number of hydrogen-bond acceptors (Lipinski definition) is 2. The Balaban J connectivity index is 0.000000254. The quantitative estimate of drug-likeness (QED) is 0.412. The SMILES string of the molecule is O=[C]=[Cr](=[C]=O)=[P](c1ccccc1)(c1ccccc1)c1ccccc1.c1ccc2c(c1)CC2. The van der Waals surface area contributed by atoms with E-state index in [0.717, 1.165) is 15.9 Å². The minimum atomic E-state index is -2.46. The van der Waals surface area contributed by atoms with Gasteiger partial charge in [-0.1, -0.05) is 24.3 Å². The van der Waals surface area contributed by atoms with E-state index in [4.69, 9.17) is 0 Å². The van der Waals surface area contributed by atoms with Crippen molar-refractivity contribution in [2.24, 2.45) is 0 Å². The summed E-state index contributed by atoms with van der Waals surface area (Å²) in [5, 5.41) is 3.08. The largest absolute Gasteiger partial charge is 0.0620 e. The van der Waals surface area contributed by atoms with Crippen molar-refractivity contribution in [3.8, 4) is 0 Å². The minimum absolute atomic E-state index is 1.03. The Kier molecular flexibility index (Phi) is 7.32. The van der Waals surface area contributed by atoms with Crippen molar-refractivity contribution in [3.63, 3.8) is 0 Å². The van der Waals surface area contributed by atoms with Gasteiger partial charge in [0, 0.05) is 0 Å². The monoisotopic (exact) mass is 474 g/mol. The molecule has 0 N–H and O–H groups in total. The molecular formula is C28H23CrO2P. The Morgan fingerprint density at radius 1 is 0.500 bits per heavy atom. The Morgan fingerprint density at radius 3 is 1.06 bits per heavy atom. The first-order valence-corrected chi connectivity index (χ1v) is 15.1. The zero-order chi connectivity index (χ0) is 22.2. The molecule has 0 fully saturated rings. The number of fused-ring (bicyclic) bond motifs is 1. The Bertz CT molecular complexity index is 1290. The topological polar surface area (TPSA) is 34.1 Å². The summed E-state index contributed by atoms with van der Waals surface area (Å²) in [6, 6.07) is 38.3. The fourth-order valence-corrected chi connectivity index (χ4v) is 13.2. The summed E-state index contributed by atoms with van der Waals surface area (Å²) in [5.74, 6) is 0. The van der Waals surface area contributed by atoms with Gasteiger partial charge >= 0.3 is 144 Å². The maximum Gasteiger partial charge on any atom is -0.0235 e. The van der Waals surface area contributed by atoms with Crippen molar-refractivity contribution in [1.82, 2.24) is 0 Å². The van der Waals surface area contributed by atoms with Crippen LogP contribution in [0.2, 0.25) is 0 Å². The van der Waals surface area contributed by atoms with Crippen LogP contribution in [-0.4, -0.2) is 9.50 Å². The number of carbonyl (C=O) groups excluding carboxylic acids is 2. The smallest absolute Gasteiger partial charge is 0.0235 e. The number of hydrogen-bond donors (Lipinski definition) is 0. The molecular weight excluding hydrogens is 451 g/mol. The Hall–Kier alpha value is -3.00. The molecule has 0 radical (unpaired) electrons. The van der Waals surface area contributed by atoms with E-state index < -0.39 is 17.8 Å². The summed E-state index contributed by atoms with van der Waals surface area (Å²) in [6.07, 6.45) is 2.60. The molecule has 0 atom stereocenters. The van der Waals surface area contributed by atoms with Crippen LogP contribution in [0.4, 0.5) is 0 Å². The third kappa shape index (κ3) is 4.32. The van der Waals surface area contributed by atoms with Gasteiger partial charge in [-0.05, 0) is 24.0 Å². The molecule has 0 bridgehead atoms. The van der Waals surface area contributed by atoms with E-state index in [-0.39, 0.29) is 0 Å². The van der Waals surface area contributed by atoms with Crippen LogP contribution in [0.5, 0.6) is 0 Å². The van der Waals surface area contributed by atoms with Gasteiger partial charge in [0.1, 0.15) is 0 Å². The van der Waals surface area contributed by atoms with E-state index in [2.05, 4.69) is 33.8 Å². The van der Waals surface area contributed by atoms with Crippen molar-refractivity contribution in [1.29, 1.82) is 0 Å². The first-order chi connectivity index (χ1) is 15.8. The molecule has 0 aliphatic heterocycles. The van der Waals surface area contributed by atoms with Gasteiger partial charge in [0.25, 0.3) is 0 Å². The maximum atomic E-state index is 11.8.